The second-order valence-corrected chi connectivity index (χ2v) is 10.2. The molecule has 0 saturated heterocycles. The van der Waals surface area contributed by atoms with Crippen molar-refractivity contribution in [1.82, 2.24) is 24.7 Å². The molecule has 0 unspecified atom stereocenters. The number of carbonyl (C=O) groups is 1. The van der Waals surface area contributed by atoms with E-state index in [9.17, 15) is 4.79 Å². The maximum atomic E-state index is 13.0. The zero-order chi connectivity index (χ0) is 23.7. The molecule has 1 amide bonds. The summed E-state index contributed by atoms with van der Waals surface area (Å²) < 4.78 is 2.17. The van der Waals surface area contributed by atoms with E-state index < -0.39 is 0 Å². The molecule has 5 rings (SSSR count). The number of nitrogens with one attached hydrogen (secondary N) is 1. The summed E-state index contributed by atoms with van der Waals surface area (Å²) in [5.74, 6) is -0.116. The minimum Gasteiger partial charge on any atom is -0.321 e. The van der Waals surface area contributed by atoms with Crippen LogP contribution in [0.4, 0.5) is 5.13 Å². The lowest BCUT2D eigenvalue weighted by Gasteiger charge is -2.13. The predicted molar refractivity (Wildman–Crippen MR) is 139 cm³/mol. The van der Waals surface area contributed by atoms with Gasteiger partial charge in [-0.15, -0.1) is 21.5 Å². The summed E-state index contributed by atoms with van der Waals surface area (Å²) in [4.78, 5) is 22.4. The van der Waals surface area contributed by atoms with Crippen molar-refractivity contribution in [2.24, 2.45) is 0 Å². The van der Waals surface area contributed by atoms with E-state index in [1.165, 1.54) is 23.1 Å². The third-order valence-electron chi connectivity index (χ3n) is 5.53. The summed E-state index contributed by atoms with van der Waals surface area (Å²) in [6, 6.07) is 18.3. The molecule has 0 spiro atoms. The Labute approximate surface area is 205 Å². The van der Waals surface area contributed by atoms with E-state index in [-0.39, 0.29) is 17.2 Å². The average Bonchev–Trinajstić information content (AvgIpc) is 3.45. The van der Waals surface area contributed by atoms with Crippen LogP contribution in [0.2, 0.25) is 0 Å². The van der Waals surface area contributed by atoms with Crippen molar-refractivity contribution in [2.45, 2.75) is 43.6 Å². The first kappa shape index (κ1) is 22.5. The van der Waals surface area contributed by atoms with E-state index in [0.717, 1.165) is 33.3 Å². The van der Waals surface area contributed by atoms with Gasteiger partial charge in [0.25, 0.3) is 0 Å². The molecule has 0 aliphatic rings. The largest absolute Gasteiger partial charge is 0.321 e. The van der Waals surface area contributed by atoms with Gasteiger partial charge in [0.05, 0.1) is 16.5 Å². The molecule has 172 valence electrons. The van der Waals surface area contributed by atoms with Crippen LogP contribution in [-0.4, -0.2) is 35.9 Å². The Balaban J connectivity index is 1.38. The molecule has 0 radical (unpaired) electrons. The molecule has 0 saturated carbocycles. The van der Waals surface area contributed by atoms with Crippen LogP contribution in [0.25, 0.3) is 33.3 Å². The Kier molecular flexibility index (Phi) is 6.30. The van der Waals surface area contributed by atoms with Crippen molar-refractivity contribution in [3.63, 3.8) is 0 Å². The van der Waals surface area contributed by atoms with Gasteiger partial charge in [0, 0.05) is 22.4 Å². The normalized spacial score (nSPS) is 12.5. The van der Waals surface area contributed by atoms with Gasteiger partial charge in [0.1, 0.15) is 5.52 Å². The maximum Gasteiger partial charge on any atom is 0.239 e. The van der Waals surface area contributed by atoms with Gasteiger partial charge in [-0.25, -0.2) is 9.97 Å². The number of thioether (sulfide) groups is 1. The van der Waals surface area contributed by atoms with E-state index in [1.54, 1.807) is 0 Å². The number of carbonyl (C=O) groups excluding carboxylic acids is 1. The third kappa shape index (κ3) is 4.28. The molecule has 0 aliphatic carbocycles. The van der Waals surface area contributed by atoms with Crippen molar-refractivity contribution >= 4 is 56.2 Å². The number of hydrogen-bond acceptors (Lipinski definition) is 7. The number of anilines is 1. The molecule has 3 aromatic heterocycles. The highest BCUT2D eigenvalue weighted by Crippen LogP contribution is 2.32. The van der Waals surface area contributed by atoms with Crippen LogP contribution in [0.5, 0.6) is 0 Å². The highest BCUT2D eigenvalue weighted by molar-refractivity contribution is 8.00. The van der Waals surface area contributed by atoms with Crippen LogP contribution in [0.15, 0.2) is 65.1 Å². The van der Waals surface area contributed by atoms with Crippen molar-refractivity contribution in [2.75, 3.05) is 5.32 Å². The smallest absolute Gasteiger partial charge is 0.239 e. The van der Waals surface area contributed by atoms with Crippen LogP contribution in [0.1, 0.15) is 33.2 Å². The zero-order valence-corrected chi connectivity index (χ0v) is 20.7. The van der Waals surface area contributed by atoms with Gasteiger partial charge in [0.2, 0.25) is 11.1 Å². The summed E-state index contributed by atoms with van der Waals surface area (Å²) in [7, 11) is 0. The third-order valence-corrected chi connectivity index (χ3v) is 7.50. The molecule has 1 atom stereocenters. The van der Waals surface area contributed by atoms with E-state index in [1.807, 2.05) is 60.8 Å². The standard InChI is InChI=1S/C25H24N6OS2/c1-4-20(23(32)28-24-26-18(14-33-24)16-10-6-5-7-11-16)34-25-27-22-21(29-30-25)17-12-8-9-13-19(17)31(22)15(2)3/h5-15,20H,4H2,1-3H3,(H,26,28,32)/t20-/m1/s1. The second-order valence-electron chi connectivity index (χ2n) is 8.16. The van der Waals surface area contributed by atoms with Crippen LogP contribution in [0, 0.1) is 0 Å². The molecule has 5 aromatic rings. The minimum absolute atomic E-state index is 0.116. The first-order valence-corrected chi connectivity index (χ1v) is 12.9. The van der Waals surface area contributed by atoms with Crippen LogP contribution >= 0.6 is 23.1 Å². The number of hydrogen-bond donors (Lipinski definition) is 1. The van der Waals surface area contributed by atoms with Gasteiger partial charge < -0.3 is 9.88 Å². The Hall–Kier alpha value is -3.30. The summed E-state index contributed by atoms with van der Waals surface area (Å²) in [6.45, 7) is 6.23. The number of thiazole rings is 1. The van der Waals surface area contributed by atoms with Crippen LogP contribution in [-0.2, 0) is 4.79 Å². The molecular weight excluding hydrogens is 464 g/mol. The summed E-state index contributed by atoms with van der Waals surface area (Å²) >= 11 is 2.75. The Morgan fingerprint density at radius 1 is 1.06 bits per heavy atom. The topological polar surface area (TPSA) is 85.6 Å². The maximum absolute atomic E-state index is 13.0. The summed E-state index contributed by atoms with van der Waals surface area (Å²) in [5, 5.41) is 15.5. The number of rotatable bonds is 7. The van der Waals surface area contributed by atoms with Gasteiger partial charge in [0.15, 0.2) is 10.8 Å². The second kappa shape index (κ2) is 9.52. The number of nitrogens with zero attached hydrogens (tertiary/aromatic N) is 5. The first-order valence-electron chi connectivity index (χ1n) is 11.2. The van der Waals surface area contributed by atoms with Crippen molar-refractivity contribution in [3.8, 4) is 11.3 Å². The number of benzene rings is 2. The molecule has 2 aromatic carbocycles. The van der Waals surface area contributed by atoms with Crippen LogP contribution < -0.4 is 5.32 Å². The Morgan fingerprint density at radius 3 is 2.59 bits per heavy atom. The fourth-order valence-electron chi connectivity index (χ4n) is 3.92. The molecule has 3 heterocycles. The quantitative estimate of drug-likeness (QED) is 0.275. The number of para-hydroxylation sites is 1. The lowest BCUT2D eigenvalue weighted by Crippen LogP contribution is -2.24. The molecule has 0 fully saturated rings. The number of aromatic nitrogens is 5. The predicted octanol–water partition coefficient (Wildman–Crippen LogP) is 6.19. The van der Waals surface area contributed by atoms with E-state index >= 15 is 0 Å². The molecule has 0 bridgehead atoms. The fraction of sp³-hybridized carbons (Fsp3) is 0.240. The Bertz CT molecular complexity index is 1460. The molecular formula is C25H24N6OS2. The van der Waals surface area contributed by atoms with E-state index in [2.05, 4.69) is 45.0 Å². The monoisotopic (exact) mass is 488 g/mol. The lowest BCUT2D eigenvalue weighted by molar-refractivity contribution is -0.115. The highest BCUT2D eigenvalue weighted by Gasteiger charge is 2.23. The number of amides is 1. The fourth-order valence-corrected chi connectivity index (χ4v) is 5.46. The molecule has 7 nitrogen and oxygen atoms in total. The molecule has 9 heteroatoms. The van der Waals surface area contributed by atoms with Crippen molar-refractivity contribution in [1.29, 1.82) is 0 Å². The SMILES string of the molecule is CC[C@@H](Sc1nnc2c3ccccc3n(C(C)C)c2n1)C(=O)Nc1nc(-c2ccccc2)cs1. The van der Waals surface area contributed by atoms with Crippen LogP contribution in [0.3, 0.4) is 0 Å². The molecule has 0 aliphatic heterocycles. The summed E-state index contributed by atoms with van der Waals surface area (Å²) in [6.07, 6.45) is 0.627. The van der Waals surface area contributed by atoms with Gasteiger partial charge in [-0.1, -0.05) is 67.2 Å². The van der Waals surface area contributed by atoms with E-state index in [4.69, 9.17) is 4.98 Å². The lowest BCUT2D eigenvalue weighted by atomic mass is 10.2. The van der Waals surface area contributed by atoms with E-state index in [0.29, 0.717) is 16.7 Å². The van der Waals surface area contributed by atoms with Gasteiger partial charge in [-0.2, -0.15) is 0 Å². The van der Waals surface area contributed by atoms with Gasteiger partial charge in [-0.3, -0.25) is 4.79 Å². The molecule has 1 N–H and O–H groups in total. The highest BCUT2D eigenvalue weighted by atomic mass is 32.2. The van der Waals surface area contributed by atoms with Gasteiger partial charge in [-0.05, 0) is 26.3 Å². The average molecular weight is 489 g/mol. The summed E-state index contributed by atoms with van der Waals surface area (Å²) in [5.41, 5.74) is 4.52. The Morgan fingerprint density at radius 2 is 1.82 bits per heavy atom. The number of fused-ring (bicyclic) bond motifs is 3. The van der Waals surface area contributed by atoms with Crippen molar-refractivity contribution < 1.29 is 4.79 Å². The van der Waals surface area contributed by atoms with Crippen molar-refractivity contribution in [3.05, 3.63) is 60.0 Å². The molecule has 34 heavy (non-hydrogen) atoms. The minimum atomic E-state index is -0.361. The van der Waals surface area contributed by atoms with Gasteiger partial charge >= 0.3 is 0 Å². The first-order chi connectivity index (χ1) is 16.5. The zero-order valence-electron chi connectivity index (χ0n) is 19.1.